The van der Waals surface area contributed by atoms with E-state index in [1.54, 1.807) is 0 Å². The maximum absolute atomic E-state index is 6.67. The Hall–Kier alpha value is -1.42. The molecule has 3 nitrogen and oxygen atoms in total. The van der Waals surface area contributed by atoms with Crippen LogP contribution in [0.1, 0.15) is 113 Å². The molecule has 2 bridgehead atoms. The maximum atomic E-state index is 6.67. The molecule has 0 spiro atoms. The number of ether oxygens (including phenoxy) is 3. The Labute approximate surface area is 221 Å². The second-order valence-electron chi connectivity index (χ2n) is 12.0. The van der Waals surface area contributed by atoms with Gasteiger partial charge >= 0.3 is 0 Å². The van der Waals surface area contributed by atoms with Crippen molar-refractivity contribution >= 4 is 23.2 Å². The van der Waals surface area contributed by atoms with Crippen LogP contribution in [0.4, 0.5) is 0 Å². The standard InChI is InChI=1S/C30H40Cl2O3/c1-29(2,3)23-17-19(11-7-9-13-31)15-21-25(23)33-28-22-16-20(12-8-10-14-32)18-24(30(4,5)6)26(22)34-27(21)35-28/h15-18,27-28H,7-14H2,1-6H3. The molecular weight excluding hydrogens is 479 g/mol. The molecule has 192 valence electrons. The van der Waals surface area contributed by atoms with Crippen LogP contribution in [0.25, 0.3) is 0 Å². The molecule has 2 aliphatic heterocycles. The number of aryl methyl sites for hydroxylation is 2. The van der Waals surface area contributed by atoms with Crippen molar-refractivity contribution in [3.8, 4) is 11.5 Å². The summed E-state index contributed by atoms with van der Waals surface area (Å²) in [6.07, 6.45) is 5.14. The molecular formula is C30H40Cl2O3. The molecule has 2 aromatic carbocycles. The number of fused-ring (bicyclic) bond motifs is 6. The summed E-state index contributed by atoms with van der Waals surface area (Å²) in [6, 6.07) is 9.03. The van der Waals surface area contributed by atoms with Gasteiger partial charge in [-0.3, -0.25) is 4.74 Å². The Morgan fingerprint density at radius 1 is 0.629 bits per heavy atom. The molecule has 5 heteroatoms. The van der Waals surface area contributed by atoms with Crippen LogP contribution in [0.15, 0.2) is 24.3 Å². The van der Waals surface area contributed by atoms with E-state index in [1.807, 2.05) is 0 Å². The summed E-state index contributed by atoms with van der Waals surface area (Å²) >= 11 is 11.9. The largest absolute Gasteiger partial charge is 0.459 e. The van der Waals surface area contributed by atoms with Gasteiger partial charge in [0.25, 0.3) is 0 Å². The summed E-state index contributed by atoms with van der Waals surface area (Å²) in [5, 5.41) is 0. The van der Waals surface area contributed by atoms with E-state index in [2.05, 4.69) is 65.8 Å². The minimum atomic E-state index is -0.478. The first kappa shape index (κ1) is 26.6. The van der Waals surface area contributed by atoms with Crippen molar-refractivity contribution in [3.63, 3.8) is 0 Å². The summed E-state index contributed by atoms with van der Waals surface area (Å²) in [7, 11) is 0. The van der Waals surface area contributed by atoms with E-state index in [-0.39, 0.29) is 10.8 Å². The highest BCUT2D eigenvalue weighted by atomic mass is 35.5. The van der Waals surface area contributed by atoms with Crippen molar-refractivity contribution in [3.05, 3.63) is 57.6 Å². The Bertz CT molecular complexity index is 966. The van der Waals surface area contributed by atoms with E-state index in [4.69, 9.17) is 37.4 Å². The Morgan fingerprint density at radius 2 is 1.03 bits per heavy atom. The number of rotatable bonds is 8. The quantitative estimate of drug-likeness (QED) is 0.257. The van der Waals surface area contributed by atoms with E-state index < -0.39 is 12.6 Å². The predicted octanol–water partition coefficient (Wildman–Crippen LogP) is 8.90. The Kier molecular flexibility index (Phi) is 8.01. The van der Waals surface area contributed by atoms with Crippen LogP contribution in [-0.4, -0.2) is 11.8 Å². The molecule has 0 amide bonds. The number of halogens is 2. The fourth-order valence-corrected chi connectivity index (χ4v) is 5.32. The van der Waals surface area contributed by atoms with Crippen molar-refractivity contribution in [1.82, 2.24) is 0 Å². The molecule has 0 N–H and O–H groups in total. The maximum Gasteiger partial charge on any atom is 0.233 e. The van der Waals surface area contributed by atoms with Crippen LogP contribution in [-0.2, 0) is 28.4 Å². The van der Waals surface area contributed by atoms with Gasteiger partial charge in [-0.2, -0.15) is 0 Å². The molecule has 2 aromatic rings. The van der Waals surface area contributed by atoms with Gasteiger partial charge in [0.05, 0.1) is 11.1 Å². The molecule has 2 heterocycles. The minimum absolute atomic E-state index is 0.0684. The van der Waals surface area contributed by atoms with Gasteiger partial charge in [-0.05, 0) is 72.6 Å². The highest BCUT2D eigenvalue weighted by Gasteiger charge is 2.42. The van der Waals surface area contributed by atoms with Crippen molar-refractivity contribution in [2.75, 3.05) is 11.8 Å². The van der Waals surface area contributed by atoms with Crippen LogP contribution in [0.5, 0.6) is 11.5 Å². The average Bonchev–Trinajstić information content (AvgIpc) is 2.78. The summed E-state index contributed by atoms with van der Waals surface area (Å²) < 4.78 is 19.7. The molecule has 0 aliphatic carbocycles. The second-order valence-corrected chi connectivity index (χ2v) is 12.7. The first-order valence-electron chi connectivity index (χ1n) is 13.0. The SMILES string of the molecule is CC(C)(C)c1cc(CCCCCl)cc2c1OC1OC2Oc2c1cc(CCCCCl)cc2C(C)(C)C. The van der Waals surface area contributed by atoms with Crippen molar-refractivity contribution in [2.45, 2.75) is 103 Å². The van der Waals surface area contributed by atoms with Gasteiger partial charge in [0.1, 0.15) is 11.5 Å². The van der Waals surface area contributed by atoms with E-state index in [0.717, 1.165) is 61.2 Å². The zero-order chi connectivity index (χ0) is 25.4. The zero-order valence-corrected chi connectivity index (χ0v) is 23.6. The summed E-state index contributed by atoms with van der Waals surface area (Å²) in [5.74, 6) is 3.21. The van der Waals surface area contributed by atoms with Crippen LogP contribution in [0.3, 0.4) is 0 Å². The number of hydrogen-bond donors (Lipinski definition) is 0. The molecule has 35 heavy (non-hydrogen) atoms. The van der Waals surface area contributed by atoms with E-state index in [9.17, 15) is 0 Å². The molecule has 0 radical (unpaired) electrons. The van der Waals surface area contributed by atoms with Gasteiger partial charge < -0.3 is 9.47 Å². The first-order chi connectivity index (χ1) is 16.5. The third kappa shape index (κ3) is 5.78. The van der Waals surface area contributed by atoms with Crippen LogP contribution in [0, 0.1) is 0 Å². The van der Waals surface area contributed by atoms with Gasteiger partial charge in [-0.1, -0.05) is 53.7 Å². The highest BCUT2D eigenvalue weighted by molar-refractivity contribution is 6.18. The number of unbranched alkanes of at least 4 members (excludes halogenated alkanes) is 2. The topological polar surface area (TPSA) is 27.7 Å². The molecule has 0 fully saturated rings. The lowest BCUT2D eigenvalue weighted by Crippen LogP contribution is -2.33. The fraction of sp³-hybridized carbons (Fsp3) is 0.600. The van der Waals surface area contributed by atoms with Gasteiger partial charge in [0.15, 0.2) is 0 Å². The molecule has 0 aromatic heterocycles. The zero-order valence-electron chi connectivity index (χ0n) is 22.1. The van der Waals surface area contributed by atoms with E-state index >= 15 is 0 Å². The normalized spacial score (nSPS) is 19.0. The third-order valence-electron chi connectivity index (χ3n) is 6.87. The first-order valence-corrected chi connectivity index (χ1v) is 14.0. The van der Waals surface area contributed by atoms with Crippen LogP contribution in [0.2, 0.25) is 0 Å². The van der Waals surface area contributed by atoms with E-state index in [0.29, 0.717) is 11.8 Å². The Morgan fingerprint density at radius 3 is 1.37 bits per heavy atom. The van der Waals surface area contributed by atoms with Crippen LogP contribution >= 0.6 is 23.2 Å². The summed E-state index contributed by atoms with van der Waals surface area (Å²) in [6.45, 7) is 13.4. The number of hydrogen-bond acceptors (Lipinski definition) is 3. The lowest BCUT2D eigenvalue weighted by atomic mass is 9.81. The molecule has 2 atom stereocenters. The smallest absolute Gasteiger partial charge is 0.233 e. The number of alkyl halides is 2. The second kappa shape index (κ2) is 10.5. The highest BCUT2D eigenvalue weighted by Crippen LogP contribution is 2.53. The van der Waals surface area contributed by atoms with Crippen molar-refractivity contribution in [2.24, 2.45) is 0 Å². The average molecular weight is 520 g/mol. The van der Waals surface area contributed by atoms with Crippen molar-refractivity contribution < 1.29 is 14.2 Å². The lowest BCUT2D eigenvalue weighted by Gasteiger charge is -2.42. The molecule has 0 saturated heterocycles. The monoisotopic (exact) mass is 518 g/mol. The fourth-order valence-electron chi connectivity index (χ4n) is 4.95. The molecule has 2 aliphatic rings. The minimum Gasteiger partial charge on any atom is -0.459 e. The Balaban J connectivity index is 1.77. The molecule has 2 unspecified atom stereocenters. The summed E-state index contributed by atoms with van der Waals surface area (Å²) in [5.41, 5.74) is 6.82. The van der Waals surface area contributed by atoms with Crippen LogP contribution < -0.4 is 9.47 Å². The molecule has 0 saturated carbocycles. The van der Waals surface area contributed by atoms with Gasteiger partial charge in [-0.15, -0.1) is 23.2 Å². The van der Waals surface area contributed by atoms with Crippen molar-refractivity contribution in [1.29, 1.82) is 0 Å². The summed E-state index contributed by atoms with van der Waals surface area (Å²) in [4.78, 5) is 0. The predicted molar refractivity (Wildman–Crippen MR) is 145 cm³/mol. The van der Waals surface area contributed by atoms with E-state index in [1.165, 1.54) is 22.3 Å². The third-order valence-corrected chi connectivity index (χ3v) is 7.41. The molecule has 4 rings (SSSR count). The number of benzene rings is 2. The van der Waals surface area contributed by atoms with Gasteiger partial charge in [0.2, 0.25) is 12.6 Å². The lowest BCUT2D eigenvalue weighted by molar-refractivity contribution is -0.228. The van der Waals surface area contributed by atoms with Gasteiger partial charge in [-0.25, -0.2) is 0 Å². The van der Waals surface area contributed by atoms with Gasteiger partial charge in [0, 0.05) is 22.9 Å².